The lowest BCUT2D eigenvalue weighted by Gasteiger charge is -2.07. The SMILES string of the molecule is CCCCCCCCCCCCOc1cc(Br)ccc1F. The summed E-state index contributed by atoms with van der Waals surface area (Å²) in [5.41, 5.74) is 0. The molecule has 0 saturated heterocycles. The van der Waals surface area contributed by atoms with Gasteiger partial charge in [-0.3, -0.25) is 0 Å². The van der Waals surface area contributed by atoms with E-state index in [2.05, 4.69) is 22.9 Å². The van der Waals surface area contributed by atoms with Crippen LogP contribution in [0, 0.1) is 5.82 Å². The minimum atomic E-state index is -0.287. The van der Waals surface area contributed by atoms with Crippen LogP contribution in [0.15, 0.2) is 22.7 Å². The Kier molecular flexibility index (Phi) is 10.6. The van der Waals surface area contributed by atoms with Crippen molar-refractivity contribution in [1.29, 1.82) is 0 Å². The Bertz CT molecular complexity index is 381. The van der Waals surface area contributed by atoms with E-state index in [9.17, 15) is 4.39 Å². The van der Waals surface area contributed by atoms with Gasteiger partial charge < -0.3 is 4.74 Å². The third-order valence-corrected chi connectivity index (χ3v) is 4.14. The molecule has 0 unspecified atom stereocenters. The summed E-state index contributed by atoms with van der Waals surface area (Å²) in [7, 11) is 0. The van der Waals surface area contributed by atoms with Gasteiger partial charge in [0.1, 0.15) is 0 Å². The van der Waals surface area contributed by atoms with Crippen LogP contribution in [0.3, 0.4) is 0 Å². The molecule has 0 spiro atoms. The van der Waals surface area contributed by atoms with Crippen molar-refractivity contribution in [2.45, 2.75) is 71.1 Å². The van der Waals surface area contributed by atoms with Crippen LogP contribution in [0.5, 0.6) is 5.75 Å². The Hall–Kier alpha value is -0.570. The maximum atomic E-state index is 13.4. The number of hydrogen-bond donors (Lipinski definition) is 0. The van der Waals surface area contributed by atoms with E-state index in [1.807, 2.05) is 0 Å². The summed E-state index contributed by atoms with van der Waals surface area (Å²) in [4.78, 5) is 0. The normalized spacial score (nSPS) is 10.8. The second-order valence-corrected chi connectivity index (χ2v) is 6.52. The first-order chi connectivity index (χ1) is 10.2. The van der Waals surface area contributed by atoms with Crippen molar-refractivity contribution < 1.29 is 9.13 Å². The van der Waals surface area contributed by atoms with Gasteiger partial charge in [-0.05, 0) is 24.6 Å². The fraction of sp³-hybridized carbons (Fsp3) is 0.667. The van der Waals surface area contributed by atoms with Crippen LogP contribution in [-0.2, 0) is 0 Å². The molecule has 0 heterocycles. The minimum absolute atomic E-state index is 0.287. The smallest absolute Gasteiger partial charge is 0.165 e. The Balaban J connectivity index is 1.94. The van der Waals surface area contributed by atoms with Gasteiger partial charge in [0.15, 0.2) is 11.6 Å². The van der Waals surface area contributed by atoms with Gasteiger partial charge in [-0.2, -0.15) is 0 Å². The van der Waals surface area contributed by atoms with E-state index in [1.165, 1.54) is 63.9 Å². The monoisotopic (exact) mass is 358 g/mol. The molecule has 0 bridgehead atoms. The first-order valence-electron chi connectivity index (χ1n) is 8.32. The quantitative estimate of drug-likeness (QED) is 0.369. The first-order valence-corrected chi connectivity index (χ1v) is 9.11. The zero-order valence-corrected chi connectivity index (χ0v) is 14.8. The molecule has 120 valence electrons. The summed E-state index contributed by atoms with van der Waals surface area (Å²) in [6, 6.07) is 4.80. The predicted molar refractivity (Wildman–Crippen MR) is 91.4 cm³/mol. The van der Waals surface area contributed by atoms with Crippen molar-refractivity contribution in [3.8, 4) is 5.75 Å². The number of ether oxygens (including phenoxy) is 1. The Morgan fingerprint density at radius 1 is 0.905 bits per heavy atom. The van der Waals surface area contributed by atoms with E-state index < -0.39 is 0 Å². The van der Waals surface area contributed by atoms with Crippen molar-refractivity contribution in [3.05, 3.63) is 28.5 Å². The molecule has 0 saturated carbocycles. The Morgan fingerprint density at radius 2 is 1.48 bits per heavy atom. The largest absolute Gasteiger partial charge is 0.490 e. The molecule has 0 N–H and O–H groups in total. The van der Waals surface area contributed by atoms with Gasteiger partial charge in [-0.1, -0.05) is 80.6 Å². The van der Waals surface area contributed by atoms with E-state index in [0.717, 1.165) is 10.9 Å². The molecule has 0 aliphatic rings. The molecule has 0 radical (unpaired) electrons. The van der Waals surface area contributed by atoms with E-state index in [1.54, 1.807) is 12.1 Å². The van der Waals surface area contributed by atoms with Crippen LogP contribution in [0.25, 0.3) is 0 Å². The van der Waals surface area contributed by atoms with Crippen LogP contribution in [0.2, 0.25) is 0 Å². The highest BCUT2D eigenvalue weighted by molar-refractivity contribution is 9.10. The number of rotatable bonds is 12. The molecule has 1 aromatic carbocycles. The van der Waals surface area contributed by atoms with Gasteiger partial charge in [0.2, 0.25) is 0 Å². The molecular weight excluding hydrogens is 331 g/mol. The molecule has 0 aliphatic carbocycles. The first kappa shape index (κ1) is 18.5. The Morgan fingerprint density at radius 3 is 2.10 bits per heavy atom. The van der Waals surface area contributed by atoms with Crippen LogP contribution < -0.4 is 4.74 Å². The summed E-state index contributed by atoms with van der Waals surface area (Å²) in [6.45, 7) is 2.85. The van der Waals surface area contributed by atoms with Crippen LogP contribution in [-0.4, -0.2) is 6.61 Å². The van der Waals surface area contributed by atoms with Crippen molar-refractivity contribution in [1.82, 2.24) is 0 Å². The standard InChI is InChI=1S/C18H28BrFO/c1-2-3-4-5-6-7-8-9-10-11-14-21-18-15-16(19)12-13-17(18)20/h12-13,15H,2-11,14H2,1H3. The highest BCUT2D eigenvalue weighted by Crippen LogP contribution is 2.22. The van der Waals surface area contributed by atoms with Crippen LogP contribution in [0.4, 0.5) is 4.39 Å². The second kappa shape index (κ2) is 12.0. The van der Waals surface area contributed by atoms with Crippen molar-refractivity contribution in [3.63, 3.8) is 0 Å². The van der Waals surface area contributed by atoms with E-state index in [0.29, 0.717) is 12.4 Å². The van der Waals surface area contributed by atoms with Crippen molar-refractivity contribution in [2.24, 2.45) is 0 Å². The van der Waals surface area contributed by atoms with Gasteiger partial charge in [-0.15, -0.1) is 0 Å². The van der Waals surface area contributed by atoms with Crippen LogP contribution in [0.1, 0.15) is 71.1 Å². The second-order valence-electron chi connectivity index (χ2n) is 5.61. The molecule has 3 heteroatoms. The zero-order chi connectivity index (χ0) is 15.3. The Labute approximate surface area is 137 Å². The highest BCUT2D eigenvalue weighted by atomic mass is 79.9. The average Bonchev–Trinajstić information content (AvgIpc) is 2.48. The molecule has 0 aromatic heterocycles. The molecule has 0 aliphatic heterocycles. The van der Waals surface area contributed by atoms with Gasteiger partial charge in [0.25, 0.3) is 0 Å². The molecule has 1 rings (SSSR count). The van der Waals surface area contributed by atoms with E-state index in [4.69, 9.17) is 4.74 Å². The van der Waals surface area contributed by atoms with E-state index in [-0.39, 0.29) is 5.82 Å². The molecule has 0 atom stereocenters. The maximum absolute atomic E-state index is 13.4. The molecule has 0 fully saturated rings. The van der Waals surface area contributed by atoms with Gasteiger partial charge in [0.05, 0.1) is 6.61 Å². The number of unbranched alkanes of at least 4 members (excludes halogenated alkanes) is 9. The summed E-state index contributed by atoms with van der Waals surface area (Å²) >= 11 is 3.32. The van der Waals surface area contributed by atoms with Gasteiger partial charge in [-0.25, -0.2) is 4.39 Å². The molecular formula is C18H28BrFO. The zero-order valence-electron chi connectivity index (χ0n) is 13.2. The fourth-order valence-corrected chi connectivity index (χ4v) is 2.70. The summed E-state index contributed by atoms with van der Waals surface area (Å²) in [6.07, 6.45) is 13.0. The molecule has 1 aromatic rings. The van der Waals surface area contributed by atoms with Crippen molar-refractivity contribution >= 4 is 15.9 Å². The van der Waals surface area contributed by atoms with Gasteiger partial charge >= 0.3 is 0 Å². The lowest BCUT2D eigenvalue weighted by atomic mass is 10.1. The van der Waals surface area contributed by atoms with Crippen molar-refractivity contribution in [2.75, 3.05) is 6.61 Å². The number of halogens is 2. The summed E-state index contributed by atoms with van der Waals surface area (Å²) in [5, 5.41) is 0. The average molecular weight is 359 g/mol. The predicted octanol–water partition coefficient (Wildman–Crippen LogP) is 6.89. The van der Waals surface area contributed by atoms with E-state index >= 15 is 0 Å². The minimum Gasteiger partial charge on any atom is -0.490 e. The molecule has 21 heavy (non-hydrogen) atoms. The fourth-order valence-electron chi connectivity index (χ4n) is 2.36. The van der Waals surface area contributed by atoms with Gasteiger partial charge in [0, 0.05) is 4.47 Å². The summed E-state index contributed by atoms with van der Waals surface area (Å²) < 4.78 is 19.8. The topological polar surface area (TPSA) is 9.23 Å². The lowest BCUT2D eigenvalue weighted by Crippen LogP contribution is -1.99. The maximum Gasteiger partial charge on any atom is 0.165 e. The third kappa shape index (κ3) is 9.13. The molecule has 1 nitrogen and oxygen atoms in total. The molecule has 0 amide bonds. The van der Waals surface area contributed by atoms with Crippen LogP contribution >= 0.6 is 15.9 Å². The number of hydrogen-bond acceptors (Lipinski definition) is 1. The highest BCUT2D eigenvalue weighted by Gasteiger charge is 2.03. The lowest BCUT2D eigenvalue weighted by molar-refractivity contribution is 0.289. The number of benzene rings is 1. The summed E-state index contributed by atoms with van der Waals surface area (Å²) in [5.74, 6) is 0.0607. The third-order valence-electron chi connectivity index (χ3n) is 3.65.